The molecule has 0 aromatic heterocycles. The summed E-state index contributed by atoms with van der Waals surface area (Å²) in [7, 11) is 0. The predicted octanol–water partition coefficient (Wildman–Crippen LogP) is 3.95. The van der Waals surface area contributed by atoms with Gasteiger partial charge in [0, 0.05) is 24.2 Å². The molecule has 100 valence electrons. The van der Waals surface area contributed by atoms with Crippen LogP contribution in [-0.4, -0.2) is 18.8 Å². The minimum atomic E-state index is 0.00595. The molecule has 1 fully saturated rings. The van der Waals surface area contributed by atoms with Crippen molar-refractivity contribution in [1.29, 1.82) is 0 Å². The zero-order valence-corrected chi connectivity index (χ0v) is 12.0. The molecule has 2 atom stereocenters. The molecule has 1 N–H and O–H groups in total. The Hall–Kier alpha value is -0.570. The highest BCUT2D eigenvalue weighted by atomic mass is 35.5. The Morgan fingerprint density at radius 3 is 2.94 bits per heavy atom. The average molecular weight is 268 g/mol. The van der Waals surface area contributed by atoms with Gasteiger partial charge < -0.3 is 10.1 Å². The summed E-state index contributed by atoms with van der Waals surface area (Å²) in [6, 6.07) is 8.45. The number of rotatable bonds is 5. The van der Waals surface area contributed by atoms with Crippen molar-refractivity contribution in [2.24, 2.45) is 0 Å². The Morgan fingerprint density at radius 2 is 2.33 bits per heavy atom. The fraction of sp³-hybridized carbons (Fsp3) is 0.600. The van der Waals surface area contributed by atoms with Crippen LogP contribution >= 0.6 is 11.6 Å². The number of hydrogen-bond donors (Lipinski definition) is 1. The van der Waals surface area contributed by atoms with E-state index in [-0.39, 0.29) is 5.60 Å². The van der Waals surface area contributed by atoms with Crippen molar-refractivity contribution in [3.63, 3.8) is 0 Å². The molecular weight excluding hydrogens is 246 g/mol. The molecule has 0 spiro atoms. The van der Waals surface area contributed by atoms with Crippen molar-refractivity contribution < 1.29 is 4.74 Å². The molecule has 1 aliphatic heterocycles. The Balaban J connectivity index is 1.97. The fourth-order valence-electron chi connectivity index (χ4n) is 2.54. The van der Waals surface area contributed by atoms with Crippen molar-refractivity contribution in [3.05, 3.63) is 34.9 Å². The molecule has 1 aromatic carbocycles. The van der Waals surface area contributed by atoms with Crippen LogP contribution in [0.3, 0.4) is 0 Å². The lowest BCUT2D eigenvalue weighted by atomic mass is 10.00. The molecule has 2 nitrogen and oxygen atoms in total. The lowest BCUT2D eigenvalue weighted by molar-refractivity contribution is 0.0186. The Kier molecular flexibility index (Phi) is 4.66. The molecule has 0 bridgehead atoms. The first-order valence-electron chi connectivity index (χ1n) is 6.76. The Bertz CT molecular complexity index is 388. The molecule has 18 heavy (non-hydrogen) atoms. The van der Waals surface area contributed by atoms with Crippen LogP contribution in [0.2, 0.25) is 5.02 Å². The van der Waals surface area contributed by atoms with Crippen molar-refractivity contribution in [1.82, 2.24) is 5.32 Å². The van der Waals surface area contributed by atoms with Crippen molar-refractivity contribution >= 4 is 11.6 Å². The van der Waals surface area contributed by atoms with Crippen molar-refractivity contribution in [2.75, 3.05) is 13.2 Å². The van der Waals surface area contributed by atoms with E-state index >= 15 is 0 Å². The first-order chi connectivity index (χ1) is 8.63. The molecule has 1 aliphatic rings. The topological polar surface area (TPSA) is 21.3 Å². The number of hydrogen-bond acceptors (Lipinski definition) is 2. The van der Waals surface area contributed by atoms with Crippen LogP contribution < -0.4 is 5.32 Å². The van der Waals surface area contributed by atoms with E-state index in [1.54, 1.807) is 0 Å². The van der Waals surface area contributed by atoms with E-state index in [2.05, 4.69) is 25.2 Å². The van der Waals surface area contributed by atoms with Crippen LogP contribution in [0.4, 0.5) is 0 Å². The lowest BCUT2D eigenvalue weighted by Gasteiger charge is -2.27. The first-order valence-corrected chi connectivity index (χ1v) is 7.13. The van der Waals surface area contributed by atoms with Gasteiger partial charge in [0.05, 0.1) is 5.60 Å². The summed E-state index contributed by atoms with van der Waals surface area (Å²) >= 11 is 6.05. The third kappa shape index (κ3) is 3.47. The highest BCUT2D eigenvalue weighted by molar-refractivity contribution is 6.30. The fourth-order valence-corrected chi connectivity index (χ4v) is 2.74. The molecule has 0 amide bonds. The normalized spacial score (nSPS) is 25.3. The van der Waals surface area contributed by atoms with Crippen LogP contribution in [0.1, 0.15) is 44.7 Å². The number of ether oxygens (including phenoxy) is 1. The van der Waals surface area contributed by atoms with Crippen LogP contribution in [-0.2, 0) is 4.74 Å². The van der Waals surface area contributed by atoms with E-state index in [0.717, 1.165) is 31.0 Å². The van der Waals surface area contributed by atoms with Crippen molar-refractivity contribution in [3.8, 4) is 0 Å². The van der Waals surface area contributed by atoms with Gasteiger partial charge in [0.25, 0.3) is 0 Å². The van der Waals surface area contributed by atoms with E-state index in [4.69, 9.17) is 16.3 Å². The van der Waals surface area contributed by atoms with Gasteiger partial charge in [-0.05, 0) is 43.9 Å². The van der Waals surface area contributed by atoms with E-state index in [0.29, 0.717) is 6.04 Å². The second kappa shape index (κ2) is 6.05. The second-order valence-electron chi connectivity index (χ2n) is 5.30. The van der Waals surface area contributed by atoms with Gasteiger partial charge in [0.1, 0.15) is 0 Å². The highest BCUT2D eigenvalue weighted by Gasteiger charge is 2.30. The molecule has 0 aliphatic carbocycles. The largest absolute Gasteiger partial charge is 0.374 e. The maximum atomic E-state index is 6.05. The minimum absolute atomic E-state index is 0.00595. The van der Waals surface area contributed by atoms with Crippen molar-refractivity contribution in [2.45, 2.75) is 44.8 Å². The third-order valence-corrected chi connectivity index (χ3v) is 3.92. The SMILES string of the molecule is CCC(NCC1(C)CCCO1)c1cccc(Cl)c1. The summed E-state index contributed by atoms with van der Waals surface area (Å²) in [6.45, 7) is 6.18. The molecule has 0 radical (unpaired) electrons. The van der Waals surface area contributed by atoms with Crippen LogP contribution in [0.15, 0.2) is 24.3 Å². The summed E-state index contributed by atoms with van der Waals surface area (Å²) < 4.78 is 5.81. The number of nitrogens with one attached hydrogen (secondary N) is 1. The van der Waals surface area contributed by atoms with Crippen LogP contribution in [0.5, 0.6) is 0 Å². The number of halogens is 1. The molecule has 1 aromatic rings. The lowest BCUT2D eigenvalue weighted by Crippen LogP contribution is -2.38. The summed E-state index contributed by atoms with van der Waals surface area (Å²) in [6.07, 6.45) is 3.37. The zero-order chi connectivity index (χ0) is 13.0. The molecule has 2 unspecified atom stereocenters. The molecular formula is C15H22ClNO. The highest BCUT2D eigenvalue weighted by Crippen LogP contribution is 2.26. The summed E-state index contributed by atoms with van der Waals surface area (Å²) in [5.41, 5.74) is 1.26. The van der Waals surface area contributed by atoms with Gasteiger partial charge >= 0.3 is 0 Å². The smallest absolute Gasteiger partial charge is 0.0779 e. The van der Waals surface area contributed by atoms with E-state index < -0.39 is 0 Å². The minimum Gasteiger partial charge on any atom is -0.374 e. The molecule has 1 saturated heterocycles. The predicted molar refractivity (Wildman–Crippen MR) is 76.1 cm³/mol. The summed E-state index contributed by atoms with van der Waals surface area (Å²) in [5.74, 6) is 0. The molecule has 3 heteroatoms. The van der Waals surface area contributed by atoms with E-state index in [9.17, 15) is 0 Å². The Labute approximate surface area is 115 Å². The second-order valence-corrected chi connectivity index (χ2v) is 5.74. The van der Waals surface area contributed by atoms with Crippen LogP contribution in [0.25, 0.3) is 0 Å². The maximum Gasteiger partial charge on any atom is 0.0779 e. The quantitative estimate of drug-likeness (QED) is 0.872. The van der Waals surface area contributed by atoms with Crippen LogP contribution in [0, 0.1) is 0 Å². The first kappa shape index (κ1) is 13.9. The number of benzene rings is 1. The molecule has 0 saturated carbocycles. The molecule has 1 heterocycles. The summed E-state index contributed by atoms with van der Waals surface area (Å²) in [4.78, 5) is 0. The monoisotopic (exact) mass is 267 g/mol. The molecule has 2 rings (SSSR count). The van der Waals surface area contributed by atoms with E-state index in [1.165, 1.54) is 12.0 Å². The van der Waals surface area contributed by atoms with Gasteiger partial charge in [0.15, 0.2) is 0 Å². The van der Waals surface area contributed by atoms with Gasteiger partial charge in [-0.1, -0.05) is 30.7 Å². The van der Waals surface area contributed by atoms with E-state index in [1.807, 2.05) is 18.2 Å². The van der Waals surface area contributed by atoms with Gasteiger partial charge in [-0.2, -0.15) is 0 Å². The van der Waals surface area contributed by atoms with Gasteiger partial charge in [-0.3, -0.25) is 0 Å². The van der Waals surface area contributed by atoms with Gasteiger partial charge in [-0.25, -0.2) is 0 Å². The van der Waals surface area contributed by atoms with Gasteiger partial charge in [0.2, 0.25) is 0 Å². The average Bonchev–Trinajstić information content (AvgIpc) is 2.77. The summed E-state index contributed by atoms with van der Waals surface area (Å²) in [5, 5.41) is 4.41. The van der Waals surface area contributed by atoms with Gasteiger partial charge in [-0.15, -0.1) is 0 Å². The third-order valence-electron chi connectivity index (χ3n) is 3.68. The Morgan fingerprint density at radius 1 is 1.50 bits per heavy atom. The maximum absolute atomic E-state index is 6.05. The zero-order valence-electron chi connectivity index (χ0n) is 11.2. The standard InChI is InChI=1S/C15H22ClNO/c1-3-14(12-6-4-7-13(16)10-12)17-11-15(2)8-5-9-18-15/h4,6-7,10,14,17H,3,5,8-9,11H2,1-2H3.